The van der Waals surface area contributed by atoms with Gasteiger partial charge in [0.25, 0.3) is 0 Å². The fraction of sp³-hybridized carbons (Fsp3) is 0.571. The second-order valence-electron chi connectivity index (χ2n) is 5.75. The minimum atomic E-state index is -3.20. The molecule has 0 heterocycles. The summed E-state index contributed by atoms with van der Waals surface area (Å²) in [6.07, 6.45) is 0. The molecule has 1 aromatic carbocycles. The molecule has 1 rings (SSSR count). The van der Waals surface area contributed by atoms with Gasteiger partial charge in [0.1, 0.15) is 0 Å². The highest BCUT2D eigenvalue weighted by Crippen LogP contribution is 2.23. The summed E-state index contributed by atoms with van der Waals surface area (Å²) in [4.78, 5) is 0.401. The Morgan fingerprint density at radius 1 is 1.17 bits per heavy atom. The Morgan fingerprint density at radius 3 is 2.06 bits per heavy atom. The van der Waals surface area contributed by atoms with Crippen molar-refractivity contribution in [3.8, 4) is 0 Å². The molecule has 0 saturated carbocycles. The van der Waals surface area contributed by atoms with E-state index in [1.807, 2.05) is 19.1 Å². The molecule has 0 radical (unpaired) electrons. The van der Waals surface area contributed by atoms with E-state index in [0.29, 0.717) is 4.90 Å². The number of hydrogen-bond donors (Lipinski definition) is 1. The number of rotatable bonds is 4. The predicted octanol–water partition coefficient (Wildman–Crippen LogP) is 2.37. The topological polar surface area (TPSA) is 46.2 Å². The molecular formula is C14H23NO2S. The predicted molar refractivity (Wildman–Crippen MR) is 75.7 cm³/mol. The van der Waals surface area contributed by atoms with E-state index < -0.39 is 9.84 Å². The lowest BCUT2D eigenvalue weighted by Gasteiger charge is -2.19. The Bertz CT molecular complexity index is 484. The average Bonchev–Trinajstić information content (AvgIpc) is 2.27. The molecular weight excluding hydrogens is 246 g/mol. The highest BCUT2D eigenvalue weighted by atomic mass is 32.2. The standard InChI is InChI=1S/C14H23NO2S/c1-11(15-5)10-18(16,17)13-8-6-12(7-9-13)14(2,3)4/h6-9,11,15H,10H2,1-5H3. The molecule has 1 aromatic rings. The molecule has 0 aliphatic carbocycles. The summed E-state index contributed by atoms with van der Waals surface area (Å²) in [6.45, 7) is 8.19. The van der Waals surface area contributed by atoms with E-state index in [1.54, 1.807) is 19.2 Å². The monoisotopic (exact) mass is 269 g/mol. The zero-order chi connectivity index (χ0) is 14.0. The van der Waals surface area contributed by atoms with E-state index in [0.717, 1.165) is 5.56 Å². The van der Waals surface area contributed by atoms with Gasteiger partial charge in [-0.25, -0.2) is 8.42 Å². The maximum absolute atomic E-state index is 12.1. The molecule has 18 heavy (non-hydrogen) atoms. The zero-order valence-electron chi connectivity index (χ0n) is 11.8. The Balaban J connectivity index is 2.98. The molecule has 1 unspecified atom stereocenters. The van der Waals surface area contributed by atoms with E-state index in [4.69, 9.17) is 0 Å². The van der Waals surface area contributed by atoms with Crippen LogP contribution in [0.2, 0.25) is 0 Å². The molecule has 1 N–H and O–H groups in total. The lowest BCUT2D eigenvalue weighted by atomic mass is 9.87. The van der Waals surface area contributed by atoms with E-state index in [1.165, 1.54) is 0 Å². The van der Waals surface area contributed by atoms with Crippen LogP contribution in [0.25, 0.3) is 0 Å². The van der Waals surface area contributed by atoms with Crippen molar-refractivity contribution < 1.29 is 8.42 Å². The smallest absolute Gasteiger partial charge is 0.179 e. The first-order chi connectivity index (χ1) is 8.16. The van der Waals surface area contributed by atoms with E-state index >= 15 is 0 Å². The van der Waals surface area contributed by atoms with Gasteiger partial charge in [-0.05, 0) is 37.1 Å². The van der Waals surface area contributed by atoms with Crippen molar-refractivity contribution in [2.45, 2.75) is 44.0 Å². The van der Waals surface area contributed by atoms with Crippen molar-refractivity contribution in [3.63, 3.8) is 0 Å². The number of nitrogens with one attached hydrogen (secondary N) is 1. The van der Waals surface area contributed by atoms with Gasteiger partial charge in [-0.3, -0.25) is 0 Å². The summed E-state index contributed by atoms with van der Waals surface area (Å²) in [5.74, 6) is 0.123. The number of benzene rings is 1. The normalized spacial score (nSPS) is 14.5. The molecule has 0 aliphatic heterocycles. The van der Waals surface area contributed by atoms with Crippen molar-refractivity contribution in [3.05, 3.63) is 29.8 Å². The summed E-state index contributed by atoms with van der Waals surface area (Å²) < 4.78 is 24.2. The molecule has 0 bridgehead atoms. The lowest BCUT2D eigenvalue weighted by Crippen LogP contribution is -2.29. The minimum Gasteiger partial charge on any atom is -0.316 e. The molecule has 102 valence electrons. The van der Waals surface area contributed by atoms with Crippen molar-refractivity contribution >= 4 is 9.84 Å². The summed E-state index contributed by atoms with van der Waals surface area (Å²) in [6, 6.07) is 7.17. The van der Waals surface area contributed by atoms with Crippen molar-refractivity contribution in [2.24, 2.45) is 0 Å². The van der Waals surface area contributed by atoms with E-state index in [-0.39, 0.29) is 17.2 Å². The summed E-state index contributed by atoms with van der Waals surface area (Å²) in [5.41, 5.74) is 1.18. The molecule has 1 atom stereocenters. The SMILES string of the molecule is CNC(C)CS(=O)(=O)c1ccc(C(C)(C)C)cc1. The average molecular weight is 269 g/mol. The maximum Gasteiger partial charge on any atom is 0.179 e. The maximum atomic E-state index is 12.1. The Hall–Kier alpha value is -0.870. The Morgan fingerprint density at radius 2 is 1.67 bits per heavy atom. The first kappa shape index (κ1) is 15.2. The van der Waals surface area contributed by atoms with Crippen LogP contribution >= 0.6 is 0 Å². The van der Waals surface area contributed by atoms with Crippen LogP contribution in [0.1, 0.15) is 33.3 Å². The van der Waals surface area contributed by atoms with Gasteiger partial charge in [-0.1, -0.05) is 32.9 Å². The largest absolute Gasteiger partial charge is 0.316 e. The van der Waals surface area contributed by atoms with Crippen LogP contribution < -0.4 is 5.32 Å². The first-order valence-corrected chi connectivity index (χ1v) is 7.82. The van der Waals surface area contributed by atoms with Gasteiger partial charge in [0, 0.05) is 6.04 Å². The Labute approximate surface area is 111 Å². The van der Waals surface area contributed by atoms with Gasteiger partial charge in [0.15, 0.2) is 9.84 Å². The van der Waals surface area contributed by atoms with Gasteiger partial charge in [0.05, 0.1) is 10.6 Å². The fourth-order valence-corrected chi connectivity index (χ4v) is 3.24. The molecule has 0 saturated heterocycles. The van der Waals surface area contributed by atoms with Crippen molar-refractivity contribution in [1.29, 1.82) is 0 Å². The van der Waals surface area contributed by atoms with Crippen molar-refractivity contribution in [1.82, 2.24) is 5.32 Å². The van der Waals surface area contributed by atoms with Crippen LogP contribution in [-0.4, -0.2) is 27.3 Å². The second kappa shape index (κ2) is 5.41. The molecule has 3 nitrogen and oxygen atoms in total. The van der Waals surface area contributed by atoms with Gasteiger partial charge < -0.3 is 5.32 Å². The van der Waals surface area contributed by atoms with Crippen molar-refractivity contribution in [2.75, 3.05) is 12.8 Å². The third-order valence-electron chi connectivity index (χ3n) is 3.04. The fourth-order valence-electron chi connectivity index (χ4n) is 1.67. The van der Waals surface area contributed by atoms with Crippen LogP contribution in [0.15, 0.2) is 29.2 Å². The minimum absolute atomic E-state index is 0.0422. The van der Waals surface area contributed by atoms with Gasteiger partial charge in [0.2, 0.25) is 0 Å². The second-order valence-corrected chi connectivity index (χ2v) is 7.78. The number of hydrogen-bond acceptors (Lipinski definition) is 3. The molecule has 0 aliphatic rings. The van der Waals surface area contributed by atoms with Crippen LogP contribution in [0.5, 0.6) is 0 Å². The van der Waals surface area contributed by atoms with E-state index in [9.17, 15) is 8.42 Å². The van der Waals surface area contributed by atoms with Crippen LogP contribution in [0, 0.1) is 0 Å². The highest BCUT2D eigenvalue weighted by Gasteiger charge is 2.19. The molecule has 4 heteroatoms. The van der Waals surface area contributed by atoms with Gasteiger partial charge in [-0.15, -0.1) is 0 Å². The summed E-state index contributed by atoms with van der Waals surface area (Å²) in [5, 5.41) is 2.95. The van der Waals surface area contributed by atoms with Gasteiger partial charge >= 0.3 is 0 Å². The van der Waals surface area contributed by atoms with Crippen LogP contribution in [0.4, 0.5) is 0 Å². The van der Waals surface area contributed by atoms with Crippen LogP contribution in [0.3, 0.4) is 0 Å². The van der Waals surface area contributed by atoms with Gasteiger partial charge in [-0.2, -0.15) is 0 Å². The molecule has 0 fully saturated rings. The Kier molecular flexibility index (Phi) is 4.56. The van der Waals surface area contributed by atoms with Crippen LogP contribution in [-0.2, 0) is 15.3 Å². The van der Waals surface area contributed by atoms with E-state index in [2.05, 4.69) is 26.1 Å². The quantitative estimate of drug-likeness (QED) is 0.912. The third kappa shape index (κ3) is 3.82. The molecule has 0 amide bonds. The lowest BCUT2D eigenvalue weighted by molar-refractivity contribution is 0.576. The number of sulfone groups is 1. The summed E-state index contributed by atoms with van der Waals surface area (Å²) in [7, 11) is -1.43. The zero-order valence-corrected chi connectivity index (χ0v) is 12.6. The molecule has 0 spiro atoms. The molecule has 0 aromatic heterocycles. The first-order valence-electron chi connectivity index (χ1n) is 6.17. The summed E-state index contributed by atoms with van der Waals surface area (Å²) >= 11 is 0. The highest BCUT2D eigenvalue weighted by molar-refractivity contribution is 7.91. The third-order valence-corrected chi connectivity index (χ3v) is 4.97.